The molecular formula is C10H11F3O3S. The monoisotopic (exact) mass is 268 g/mol. The molecule has 1 aromatic rings. The van der Waals surface area contributed by atoms with Crippen LogP contribution in [-0.2, 0) is 20.2 Å². The van der Waals surface area contributed by atoms with Gasteiger partial charge in [0.25, 0.3) is 16.0 Å². The number of benzene rings is 1. The van der Waals surface area contributed by atoms with Gasteiger partial charge in [-0.2, -0.15) is 8.42 Å². The first kappa shape index (κ1) is 14.0. The van der Waals surface area contributed by atoms with E-state index in [0.717, 1.165) is 30.5 Å². The van der Waals surface area contributed by atoms with Crippen molar-refractivity contribution in [3.05, 3.63) is 35.6 Å². The van der Waals surface area contributed by atoms with E-state index in [0.29, 0.717) is 0 Å². The molecule has 17 heavy (non-hydrogen) atoms. The molecule has 1 rings (SSSR count). The molecular weight excluding hydrogens is 257 g/mol. The van der Waals surface area contributed by atoms with Crippen LogP contribution in [0.5, 0.6) is 0 Å². The van der Waals surface area contributed by atoms with Crippen LogP contribution in [0.3, 0.4) is 0 Å². The molecule has 0 radical (unpaired) electrons. The summed E-state index contributed by atoms with van der Waals surface area (Å²) in [6, 6.07) is 3.74. The molecule has 0 atom stereocenters. The van der Waals surface area contributed by atoms with Crippen molar-refractivity contribution < 1.29 is 25.8 Å². The molecule has 0 saturated carbocycles. The van der Waals surface area contributed by atoms with Crippen molar-refractivity contribution in [1.29, 1.82) is 0 Å². The van der Waals surface area contributed by atoms with Crippen molar-refractivity contribution >= 4 is 10.1 Å². The van der Waals surface area contributed by atoms with Gasteiger partial charge in [0.2, 0.25) is 0 Å². The zero-order valence-corrected chi connectivity index (χ0v) is 9.81. The summed E-state index contributed by atoms with van der Waals surface area (Å²) in [6.07, 6.45) is -0.00522. The van der Waals surface area contributed by atoms with Crippen LogP contribution in [0.2, 0.25) is 0 Å². The van der Waals surface area contributed by atoms with Crippen molar-refractivity contribution in [1.82, 2.24) is 0 Å². The highest BCUT2D eigenvalue weighted by molar-refractivity contribution is 7.85. The molecule has 0 spiro atoms. The van der Waals surface area contributed by atoms with Gasteiger partial charge < -0.3 is 0 Å². The van der Waals surface area contributed by atoms with Gasteiger partial charge in [-0.1, -0.05) is 12.1 Å². The molecule has 0 aliphatic rings. The second kappa shape index (κ2) is 5.05. The first-order chi connectivity index (χ1) is 7.71. The Labute approximate surface area is 97.3 Å². The number of rotatable bonds is 5. The summed E-state index contributed by atoms with van der Waals surface area (Å²) < 4.78 is 64.9. The topological polar surface area (TPSA) is 43.4 Å². The number of hydrogen-bond acceptors (Lipinski definition) is 3. The molecule has 1 aromatic carbocycles. The lowest BCUT2D eigenvalue weighted by Gasteiger charge is -2.16. The minimum atomic E-state index is -3.73. The third-order valence-electron chi connectivity index (χ3n) is 1.98. The largest absolute Gasteiger partial charge is 0.275 e. The Morgan fingerprint density at radius 3 is 2.24 bits per heavy atom. The fraction of sp³-hybridized carbons (Fsp3) is 0.400. The van der Waals surface area contributed by atoms with E-state index >= 15 is 0 Å². The summed E-state index contributed by atoms with van der Waals surface area (Å²) in [6.45, 7) is -0.622. The first-order valence-corrected chi connectivity index (χ1v) is 6.51. The fourth-order valence-corrected chi connectivity index (χ4v) is 1.55. The van der Waals surface area contributed by atoms with E-state index in [1.807, 2.05) is 0 Å². The highest BCUT2D eigenvalue weighted by Gasteiger charge is 2.31. The Kier molecular flexibility index (Phi) is 4.16. The summed E-state index contributed by atoms with van der Waals surface area (Å²) in [5.41, 5.74) is -0.379. The normalized spacial score (nSPS) is 12.7. The Balaban J connectivity index is 2.65. The van der Waals surface area contributed by atoms with E-state index in [1.54, 1.807) is 0 Å². The minimum Gasteiger partial charge on any atom is -0.270 e. The number of alkyl halides is 2. The first-order valence-electron chi connectivity index (χ1n) is 4.69. The van der Waals surface area contributed by atoms with Gasteiger partial charge in [0.1, 0.15) is 5.82 Å². The van der Waals surface area contributed by atoms with E-state index in [2.05, 4.69) is 4.18 Å². The Morgan fingerprint density at radius 1 is 1.24 bits per heavy atom. The molecule has 0 unspecified atom stereocenters. The minimum absolute atomic E-state index is 0.379. The average molecular weight is 268 g/mol. The van der Waals surface area contributed by atoms with Crippen LogP contribution in [0.1, 0.15) is 12.0 Å². The molecule has 0 heterocycles. The maximum absolute atomic E-state index is 13.5. The molecule has 0 N–H and O–H groups in total. The molecule has 0 amide bonds. The van der Waals surface area contributed by atoms with E-state index in [-0.39, 0.29) is 5.56 Å². The van der Waals surface area contributed by atoms with Crippen LogP contribution >= 0.6 is 0 Å². The lowest BCUT2D eigenvalue weighted by Crippen LogP contribution is -2.17. The predicted octanol–water partition coefficient (Wildman–Crippen LogP) is 2.28. The third kappa shape index (κ3) is 4.74. The zero-order chi connectivity index (χ0) is 13.1. The molecule has 3 nitrogen and oxygen atoms in total. The van der Waals surface area contributed by atoms with Gasteiger partial charge in [-0.3, -0.25) is 4.18 Å². The van der Waals surface area contributed by atoms with Gasteiger partial charge in [0.15, 0.2) is 0 Å². The summed E-state index contributed by atoms with van der Waals surface area (Å²) in [7, 11) is -3.73. The SMILES string of the molecule is CS(=O)(=O)OCCC(F)(F)c1ccc(F)cc1. The summed E-state index contributed by atoms with van der Waals surface area (Å²) >= 11 is 0. The van der Waals surface area contributed by atoms with Gasteiger partial charge >= 0.3 is 0 Å². The lowest BCUT2D eigenvalue weighted by atomic mass is 10.1. The van der Waals surface area contributed by atoms with E-state index < -0.39 is 34.9 Å². The van der Waals surface area contributed by atoms with Crippen molar-refractivity contribution in [2.75, 3.05) is 12.9 Å². The summed E-state index contributed by atoms with van der Waals surface area (Å²) in [5, 5.41) is 0. The van der Waals surface area contributed by atoms with E-state index in [9.17, 15) is 21.6 Å². The highest BCUT2D eigenvalue weighted by Crippen LogP contribution is 2.31. The van der Waals surface area contributed by atoms with E-state index in [4.69, 9.17) is 0 Å². The maximum Gasteiger partial charge on any atom is 0.275 e. The molecule has 0 aliphatic carbocycles. The third-order valence-corrected chi connectivity index (χ3v) is 2.57. The Morgan fingerprint density at radius 2 is 1.76 bits per heavy atom. The van der Waals surface area contributed by atoms with Gasteiger partial charge in [0.05, 0.1) is 12.9 Å². The number of hydrogen-bond donors (Lipinski definition) is 0. The van der Waals surface area contributed by atoms with Gasteiger partial charge in [-0.15, -0.1) is 0 Å². The molecule has 0 fully saturated rings. The zero-order valence-electron chi connectivity index (χ0n) is 8.99. The van der Waals surface area contributed by atoms with Crippen molar-refractivity contribution in [3.63, 3.8) is 0 Å². The predicted molar refractivity (Wildman–Crippen MR) is 55.7 cm³/mol. The number of halogens is 3. The average Bonchev–Trinajstić information content (AvgIpc) is 2.15. The summed E-state index contributed by atoms with van der Waals surface area (Å²) in [4.78, 5) is 0. The van der Waals surface area contributed by atoms with Crippen molar-refractivity contribution in [3.8, 4) is 0 Å². The van der Waals surface area contributed by atoms with Crippen LogP contribution in [0.25, 0.3) is 0 Å². The smallest absolute Gasteiger partial charge is 0.270 e. The van der Waals surface area contributed by atoms with E-state index in [1.165, 1.54) is 0 Å². The van der Waals surface area contributed by atoms with Crippen molar-refractivity contribution in [2.24, 2.45) is 0 Å². The quantitative estimate of drug-likeness (QED) is 0.769. The second-order valence-electron chi connectivity index (χ2n) is 3.49. The molecule has 0 aromatic heterocycles. The Hall–Kier alpha value is -1.08. The van der Waals surface area contributed by atoms with Crippen LogP contribution in [-0.4, -0.2) is 21.3 Å². The van der Waals surface area contributed by atoms with Crippen LogP contribution in [0, 0.1) is 5.82 Å². The summed E-state index contributed by atoms with van der Waals surface area (Å²) in [5.74, 6) is -3.87. The highest BCUT2D eigenvalue weighted by atomic mass is 32.2. The van der Waals surface area contributed by atoms with Gasteiger partial charge in [-0.25, -0.2) is 13.2 Å². The van der Waals surface area contributed by atoms with Gasteiger partial charge in [0, 0.05) is 12.0 Å². The lowest BCUT2D eigenvalue weighted by molar-refractivity contribution is -0.0235. The molecule has 7 heteroatoms. The standard InChI is InChI=1S/C10H11F3O3S/c1-17(14,15)16-7-6-10(12,13)8-2-4-9(11)5-3-8/h2-5H,6-7H2,1H3. The van der Waals surface area contributed by atoms with Crippen LogP contribution in [0.4, 0.5) is 13.2 Å². The van der Waals surface area contributed by atoms with Crippen LogP contribution < -0.4 is 0 Å². The second-order valence-corrected chi connectivity index (χ2v) is 5.13. The van der Waals surface area contributed by atoms with Crippen molar-refractivity contribution in [2.45, 2.75) is 12.3 Å². The molecule has 0 saturated heterocycles. The molecule has 96 valence electrons. The van der Waals surface area contributed by atoms with Gasteiger partial charge in [-0.05, 0) is 12.1 Å². The van der Waals surface area contributed by atoms with Crippen LogP contribution in [0.15, 0.2) is 24.3 Å². The Bertz CT molecular complexity index is 468. The molecule has 0 bridgehead atoms. The maximum atomic E-state index is 13.5. The molecule has 0 aliphatic heterocycles. The fourth-order valence-electron chi connectivity index (χ4n) is 1.16.